The van der Waals surface area contributed by atoms with Gasteiger partial charge in [-0.05, 0) is 12.2 Å². The molecule has 0 aliphatic heterocycles. The summed E-state index contributed by atoms with van der Waals surface area (Å²) in [6, 6.07) is 0. The standard InChI is InChI=1S/C5H7NO2S2/c7-5(8)3-10-2-1-6-4-9/h1-3H2,(H,7,8). The summed E-state index contributed by atoms with van der Waals surface area (Å²) in [6.45, 7) is 0.557. The lowest BCUT2D eigenvalue weighted by atomic mass is 10.8. The van der Waals surface area contributed by atoms with Crippen LogP contribution in [0, 0.1) is 0 Å². The van der Waals surface area contributed by atoms with Crippen LogP contribution in [-0.2, 0) is 4.79 Å². The topological polar surface area (TPSA) is 49.7 Å². The zero-order valence-electron chi connectivity index (χ0n) is 5.24. The molecule has 0 aliphatic carbocycles. The van der Waals surface area contributed by atoms with E-state index in [-0.39, 0.29) is 5.75 Å². The van der Waals surface area contributed by atoms with Crippen molar-refractivity contribution in [3.8, 4) is 0 Å². The van der Waals surface area contributed by atoms with Crippen molar-refractivity contribution in [1.82, 2.24) is 0 Å². The maximum absolute atomic E-state index is 9.94. The summed E-state index contributed by atoms with van der Waals surface area (Å²) in [4.78, 5) is 13.6. The van der Waals surface area contributed by atoms with Gasteiger partial charge in [-0.3, -0.25) is 4.79 Å². The van der Waals surface area contributed by atoms with Crippen LogP contribution in [0.5, 0.6) is 0 Å². The summed E-state index contributed by atoms with van der Waals surface area (Å²) < 4.78 is 0. The van der Waals surface area contributed by atoms with E-state index in [1.54, 1.807) is 0 Å². The number of isothiocyanates is 1. The predicted octanol–water partition coefficient (Wildman–Crippen LogP) is 0.907. The van der Waals surface area contributed by atoms with Crippen molar-refractivity contribution < 1.29 is 9.90 Å². The quantitative estimate of drug-likeness (QED) is 0.385. The molecule has 0 bridgehead atoms. The number of thioether (sulfide) groups is 1. The Morgan fingerprint density at radius 2 is 2.50 bits per heavy atom. The van der Waals surface area contributed by atoms with E-state index >= 15 is 0 Å². The summed E-state index contributed by atoms with van der Waals surface area (Å²) >= 11 is 5.63. The Labute approximate surface area is 68.5 Å². The molecule has 0 heterocycles. The van der Waals surface area contributed by atoms with Gasteiger partial charge in [-0.15, -0.1) is 11.8 Å². The van der Waals surface area contributed by atoms with E-state index in [2.05, 4.69) is 22.4 Å². The highest BCUT2D eigenvalue weighted by atomic mass is 32.2. The molecule has 10 heavy (non-hydrogen) atoms. The first-order valence-corrected chi connectivity index (χ1v) is 4.17. The van der Waals surface area contributed by atoms with E-state index in [1.807, 2.05) is 0 Å². The summed E-state index contributed by atoms with van der Waals surface area (Å²) in [5, 5.41) is 10.4. The molecule has 0 saturated carbocycles. The highest BCUT2D eigenvalue weighted by Gasteiger charge is 1.94. The van der Waals surface area contributed by atoms with Crippen LogP contribution >= 0.6 is 24.0 Å². The fourth-order valence-electron chi connectivity index (χ4n) is 0.315. The lowest BCUT2D eigenvalue weighted by Crippen LogP contribution is -1.99. The molecule has 1 N–H and O–H groups in total. The lowest BCUT2D eigenvalue weighted by Gasteiger charge is -1.90. The van der Waals surface area contributed by atoms with Crippen molar-refractivity contribution in [2.45, 2.75) is 0 Å². The number of carboxylic acid groups (broad SMARTS) is 1. The molecule has 3 nitrogen and oxygen atoms in total. The van der Waals surface area contributed by atoms with E-state index in [0.717, 1.165) is 0 Å². The van der Waals surface area contributed by atoms with Crippen molar-refractivity contribution in [3.05, 3.63) is 0 Å². The second kappa shape index (κ2) is 6.74. The summed E-state index contributed by atoms with van der Waals surface area (Å²) in [7, 11) is 0. The zero-order chi connectivity index (χ0) is 7.82. The van der Waals surface area contributed by atoms with Gasteiger partial charge in [0.2, 0.25) is 0 Å². The molecule has 0 radical (unpaired) electrons. The molecule has 0 aromatic carbocycles. The smallest absolute Gasteiger partial charge is 0.313 e. The average molecular weight is 177 g/mol. The Balaban J connectivity index is 3.05. The zero-order valence-corrected chi connectivity index (χ0v) is 6.87. The van der Waals surface area contributed by atoms with Crippen molar-refractivity contribution in [2.24, 2.45) is 4.99 Å². The third kappa shape index (κ3) is 7.62. The molecule has 5 heteroatoms. The minimum atomic E-state index is -0.795. The average Bonchev–Trinajstić information content (AvgIpc) is 1.87. The minimum Gasteiger partial charge on any atom is -0.481 e. The molecule has 0 aromatic rings. The molecule has 0 unspecified atom stereocenters. The highest BCUT2D eigenvalue weighted by Crippen LogP contribution is 1.97. The molecule has 0 aromatic heterocycles. The number of aliphatic carboxylic acids is 1. The highest BCUT2D eigenvalue weighted by molar-refractivity contribution is 7.99. The van der Waals surface area contributed by atoms with Crippen LogP contribution in [0.25, 0.3) is 0 Å². The van der Waals surface area contributed by atoms with Gasteiger partial charge in [-0.25, -0.2) is 4.99 Å². The fourth-order valence-corrected chi connectivity index (χ4v) is 0.946. The van der Waals surface area contributed by atoms with E-state index in [1.165, 1.54) is 11.8 Å². The number of carbonyl (C=O) groups is 1. The first-order chi connectivity index (χ1) is 4.77. The first-order valence-electron chi connectivity index (χ1n) is 2.60. The summed E-state index contributed by atoms with van der Waals surface area (Å²) in [5.41, 5.74) is 0. The van der Waals surface area contributed by atoms with Gasteiger partial charge < -0.3 is 5.11 Å². The number of thiocarbonyl (C=S) groups is 1. The van der Waals surface area contributed by atoms with Crippen molar-refractivity contribution >= 4 is 35.1 Å². The summed E-state index contributed by atoms with van der Waals surface area (Å²) in [6.07, 6.45) is 0. The van der Waals surface area contributed by atoms with Crippen LogP contribution in [0.2, 0.25) is 0 Å². The number of carboxylic acids is 1. The Hall–Kier alpha value is -0.380. The molecule has 0 spiro atoms. The number of rotatable bonds is 5. The molecule has 0 rings (SSSR count). The molecular weight excluding hydrogens is 170 g/mol. The monoisotopic (exact) mass is 177 g/mol. The van der Waals surface area contributed by atoms with E-state index in [9.17, 15) is 4.79 Å². The molecular formula is C5H7NO2S2. The van der Waals surface area contributed by atoms with Gasteiger partial charge >= 0.3 is 5.97 Å². The van der Waals surface area contributed by atoms with E-state index < -0.39 is 5.97 Å². The van der Waals surface area contributed by atoms with Crippen molar-refractivity contribution in [2.75, 3.05) is 18.1 Å². The second-order valence-corrected chi connectivity index (χ2v) is 2.71. The molecule has 56 valence electrons. The Kier molecular flexibility index (Phi) is 6.48. The SMILES string of the molecule is O=C(O)CSCCN=C=S. The lowest BCUT2D eigenvalue weighted by molar-refractivity contribution is -0.133. The van der Waals surface area contributed by atoms with Gasteiger partial charge in [0.1, 0.15) is 0 Å². The molecule has 0 atom stereocenters. The maximum Gasteiger partial charge on any atom is 0.313 e. The molecule has 0 fully saturated rings. The molecule has 0 saturated heterocycles. The Morgan fingerprint density at radius 3 is 3.00 bits per heavy atom. The van der Waals surface area contributed by atoms with Crippen LogP contribution < -0.4 is 0 Å². The predicted molar refractivity (Wildman–Crippen MR) is 44.9 cm³/mol. The van der Waals surface area contributed by atoms with Gasteiger partial charge in [0.25, 0.3) is 0 Å². The van der Waals surface area contributed by atoms with Crippen LogP contribution in [-0.4, -0.2) is 34.3 Å². The Bertz CT molecular complexity index is 150. The first kappa shape index (κ1) is 9.62. The van der Waals surface area contributed by atoms with Crippen molar-refractivity contribution in [1.29, 1.82) is 0 Å². The molecule has 0 amide bonds. The third-order valence-corrected chi connectivity index (χ3v) is 1.69. The normalized spacial score (nSPS) is 8.40. The van der Waals surface area contributed by atoms with Gasteiger partial charge in [0.05, 0.1) is 17.5 Å². The van der Waals surface area contributed by atoms with Gasteiger partial charge in [-0.2, -0.15) is 0 Å². The van der Waals surface area contributed by atoms with Gasteiger partial charge in [-0.1, -0.05) is 0 Å². The fraction of sp³-hybridized carbons (Fsp3) is 0.600. The maximum atomic E-state index is 9.94. The van der Waals surface area contributed by atoms with Crippen molar-refractivity contribution in [3.63, 3.8) is 0 Å². The van der Waals surface area contributed by atoms with Crippen LogP contribution in [0.4, 0.5) is 0 Å². The summed E-state index contributed by atoms with van der Waals surface area (Å²) in [5.74, 6) is 0.0272. The molecule has 0 aliphatic rings. The second-order valence-electron chi connectivity index (χ2n) is 1.42. The van der Waals surface area contributed by atoms with E-state index in [4.69, 9.17) is 5.11 Å². The number of hydrogen-bond donors (Lipinski definition) is 1. The third-order valence-electron chi connectivity index (χ3n) is 0.638. The number of aliphatic imine (C=N–C) groups is 1. The van der Waals surface area contributed by atoms with Gasteiger partial charge in [0, 0.05) is 5.75 Å². The Morgan fingerprint density at radius 1 is 1.80 bits per heavy atom. The number of hydrogen-bond acceptors (Lipinski definition) is 4. The van der Waals surface area contributed by atoms with Crippen LogP contribution in [0.1, 0.15) is 0 Å². The van der Waals surface area contributed by atoms with Crippen LogP contribution in [0.3, 0.4) is 0 Å². The largest absolute Gasteiger partial charge is 0.481 e. The van der Waals surface area contributed by atoms with E-state index in [0.29, 0.717) is 12.3 Å². The minimum absolute atomic E-state index is 0.132. The van der Waals surface area contributed by atoms with Gasteiger partial charge in [0.15, 0.2) is 0 Å². The van der Waals surface area contributed by atoms with Crippen LogP contribution in [0.15, 0.2) is 4.99 Å². The number of nitrogens with zero attached hydrogens (tertiary/aromatic N) is 1.